The highest BCUT2D eigenvalue weighted by atomic mass is 16.3. The van der Waals surface area contributed by atoms with Gasteiger partial charge in [0, 0.05) is 27.8 Å². The lowest BCUT2D eigenvalue weighted by molar-refractivity contribution is 0.669. The van der Waals surface area contributed by atoms with Crippen LogP contribution in [-0.4, -0.2) is 0 Å². The van der Waals surface area contributed by atoms with E-state index in [1.54, 1.807) is 0 Å². The van der Waals surface area contributed by atoms with E-state index in [0.717, 1.165) is 50.0 Å². The smallest absolute Gasteiger partial charge is 0.136 e. The Balaban J connectivity index is 1.08. The van der Waals surface area contributed by atoms with Gasteiger partial charge in [0.05, 0.1) is 0 Å². The van der Waals surface area contributed by atoms with E-state index in [4.69, 9.17) is 4.42 Å². The fourth-order valence-electron chi connectivity index (χ4n) is 8.53. The summed E-state index contributed by atoms with van der Waals surface area (Å²) in [6, 6.07) is 76.6. The molecule has 0 aliphatic rings. The Morgan fingerprint density at radius 1 is 0.268 bits per heavy atom. The highest BCUT2D eigenvalue weighted by Gasteiger charge is 2.18. The van der Waals surface area contributed by atoms with Gasteiger partial charge >= 0.3 is 0 Å². The van der Waals surface area contributed by atoms with Crippen LogP contribution < -0.4 is 4.90 Å². The number of furan rings is 1. The number of hydrogen-bond acceptors (Lipinski definition) is 2. The molecule has 0 radical (unpaired) electrons. The molecule has 1 heterocycles. The molecule has 0 spiro atoms. The van der Waals surface area contributed by atoms with Gasteiger partial charge in [-0.2, -0.15) is 0 Å². The highest BCUT2D eigenvalue weighted by Crippen LogP contribution is 2.43. The molecule has 56 heavy (non-hydrogen) atoms. The largest absolute Gasteiger partial charge is 0.456 e. The van der Waals surface area contributed by atoms with Crippen LogP contribution in [0.25, 0.3) is 87.6 Å². The van der Waals surface area contributed by atoms with E-state index >= 15 is 0 Å². The Morgan fingerprint density at radius 2 is 0.911 bits per heavy atom. The van der Waals surface area contributed by atoms with Gasteiger partial charge in [-0.05, 0) is 126 Å². The molecule has 0 unspecified atom stereocenters. The second-order valence-electron chi connectivity index (χ2n) is 14.5. The topological polar surface area (TPSA) is 16.4 Å². The van der Waals surface area contributed by atoms with Crippen LogP contribution in [0.4, 0.5) is 17.1 Å². The van der Waals surface area contributed by atoms with Crippen molar-refractivity contribution in [3.63, 3.8) is 0 Å². The van der Waals surface area contributed by atoms with E-state index in [2.05, 4.69) is 205 Å². The summed E-state index contributed by atoms with van der Waals surface area (Å²) in [7, 11) is 0. The molecule has 10 aromatic carbocycles. The van der Waals surface area contributed by atoms with Crippen molar-refractivity contribution in [1.82, 2.24) is 0 Å². The molecule has 0 saturated heterocycles. The van der Waals surface area contributed by atoms with Crippen LogP contribution in [-0.2, 0) is 0 Å². The maximum absolute atomic E-state index is 6.33. The molecule has 0 bridgehead atoms. The van der Waals surface area contributed by atoms with Gasteiger partial charge in [0.1, 0.15) is 11.2 Å². The van der Waals surface area contributed by atoms with E-state index in [9.17, 15) is 0 Å². The monoisotopic (exact) mass is 713 g/mol. The number of benzene rings is 10. The minimum atomic E-state index is 0.898. The lowest BCUT2D eigenvalue weighted by atomic mass is 9.89. The molecule has 0 fully saturated rings. The summed E-state index contributed by atoms with van der Waals surface area (Å²) in [5, 5.41) is 9.63. The molecule has 0 saturated carbocycles. The van der Waals surface area contributed by atoms with Crippen LogP contribution in [0.15, 0.2) is 217 Å². The molecule has 0 aliphatic carbocycles. The summed E-state index contributed by atoms with van der Waals surface area (Å²) in [5.74, 6) is 0. The third kappa shape index (κ3) is 5.42. The van der Waals surface area contributed by atoms with Gasteiger partial charge in [-0.3, -0.25) is 0 Å². The van der Waals surface area contributed by atoms with E-state index in [1.807, 2.05) is 12.1 Å². The molecule has 1 aromatic heterocycles. The summed E-state index contributed by atoms with van der Waals surface area (Å²) in [6.45, 7) is 0. The van der Waals surface area contributed by atoms with Crippen LogP contribution in [0.1, 0.15) is 0 Å². The lowest BCUT2D eigenvalue weighted by Crippen LogP contribution is -2.10. The molecule has 0 amide bonds. The van der Waals surface area contributed by atoms with Crippen LogP contribution in [0.5, 0.6) is 0 Å². The van der Waals surface area contributed by atoms with Gasteiger partial charge < -0.3 is 9.32 Å². The van der Waals surface area contributed by atoms with E-state index < -0.39 is 0 Å². The van der Waals surface area contributed by atoms with Crippen molar-refractivity contribution in [3.8, 4) is 33.4 Å². The number of hydrogen-bond donors (Lipinski definition) is 0. The Labute approximate surface area is 325 Å². The first-order valence-electron chi connectivity index (χ1n) is 19.2. The summed E-state index contributed by atoms with van der Waals surface area (Å²) < 4.78 is 6.33. The lowest BCUT2D eigenvalue weighted by Gasteiger charge is -2.27. The third-order valence-electron chi connectivity index (χ3n) is 11.2. The summed E-state index contributed by atoms with van der Waals surface area (Å²) >= 11 is 0. The Hall–Kier alpha value is -7.42. The number of anilines is 3. The van der Waals surface area contributed by atoms with Crippen molar-refractivity contribution in [2.75, 3.05) is 4.90 Å². The average Bonchev–Trinajstić information content (AvgIpc) is 3.63. The second kappa shape index (κ2) is 13.2. The standard InChI is InChI=1S/C54H35NO/c1-2-13-36(14-3-1)37-25-28-42(29-26-37)55(44-30-27-38-33-52-50-23-10-11-24-53(50)56-54(52)35-41(38)32-44)43-17-12-16-39(31-43)45-19-6-7-21-48(45)51-34-40-15-4-5-18-46(40)47-20-8-9-22-49(47)51/h1-35H. The van der Waals surface area contributed by atoms with E-state index in [1.165, 1.54) is 54.7 Å². The minimum Gasteiger partial charge on any atom is -0.456 e. The van der Waals surface area contributed by atoms with Gasteiger partial charge in [-0.25, -0.2) is 0 Å². The van der Waals surface area contributed by atoms with Gasteiger partial charge in [0.15, 0.2) is 0 Å². The highest BCUT2D eigenvalue weighted by molar-refractivity contribution is 6.15. The fourth-order valence-corrected chi connectivity index (χ4v) is 8.53. The molecule has 11 aromatic rings. The first kappa shape index (κ1) is 32.0. The van der Waals surface area contributed by atoms with Gasteiger partial charge in [-0.15, -0.1) is 0 Å². The van der Waals surface area contributed by atoms with Crippen LogP contribution in [0.3, 0.4) is 0 Å². The first-order valence-corrected chi connectivity index (χ1v) is 19.2. The van der Waals surface area contributed by atoms with Crippen LogP contribution in [0.2, 0.25) is 0 Å². The van der Waals surface area contributed by atoms with Gasteiger partial charge in [0.25, 0.3) is 0 Å². The van der Waals surface area contributed by atoms with E-state index in [-0.39, 0.29) is 0 Å². The maximum atomic E-state index is 6.33. The second-order valence-corrected chi connectivity index (χ2v) is 14.5. The number of nitrogens with zero attached hydrogens (tertiary/aromatic N) is 1. The predicted octanol–water partition coefficient (Wildman–Crippen LogP) is 15.5. The van der Waals surface area contributed by atoms with Crippen LogP contribution >= 0.6 is 0 Å². The summed E-state index contributed by atoms with van der Waals surface area (Å²) in [5.41, 5.74) is 12.2. The molecule has 0 atom stereocenters. The molecule has 0 N–H and O–H groups in total. The van der Waals surface area contributed by atoms with Gasteiger partial charge in [0.2, 0.25) is 0 Å². The Bertz CT molecular complexity index is 3250. The Kier molecular flexibility index (Phi) is 7.53. The maximum Gasteiger partial charge on any atom is 0.136 e. The summed E-state index contributed by atoms with van der Waals surface area (Å²) in [4.78, 5) is 2.37. The number of para-hydroxylation sites is 1. The molecular weight excluding hydrogens is 679 g/mol. The molecule has 2 nitrogen and oxygen atoms in total. The molecule has 0 aliphatic heterocycles. The van der Waals surface area contributed by atoms with E-state index in [0.29, 0.717) is 0 Å². The number of rotatable bonds is 6. The van der Waals surface area contributed by atoms with Crippen molar-refractivity contribution >= 4 is 71.3 Å². The minimum absolute atomic E-state index is 0.898. The zero-order valence-electron chi connectivity index (χ0n) is 30.6. The molecule has 11 rings (SSSR count). The van der Waals surface area contributed by atoms with Gasteiger partial charge in [-0.1, -0.05) is 152 Å². The third-order valence-corrected chi connectivity index (χ3v) is 11.2. The quantitative estimate of drug-likeness (QED) is 0.160. The Morgan fingerprint density at radius 3 is 1.77 bits per heavy atom. The summed E-state index contributed by atoms with van der Waals surface area (Å²) in [6.07, 6.45) is 0. The SMILES string of the molecule is c1ccc(-c2ccc(N(c3cccc(-c4ccccc4-c4cc5ccccc5c5ccccc45)c3)c3ccc4cc5c(cc4c3)oc3ccccc35)cc2)cc1. The first-order chi connectivity index (χ1) is 27.7. The zero-order valence-corrected chi connectivity index (χ0v) is 30.6. The van der Waals surface area contributed by atoms with Crippen molar-refractivity contribution in [3.05, 3.63) is 212 Å². The van der Waals surface area contributed by atoms with Crippen molar-refractivity contribution in [1.29, 1.82) is 0 Å². The molecule has 2 heteroatoms. The zero-order chi connectivity index (χ0) is 37.0. The number of fused-ring (bicyclic) bond motifs is 7. The normalized spacial score (nSPS) is 11.6. The van der Waals surface area contributed by atoms with Crippen molar-refractivity contribution in [2.24, 2.45) is 0 Å². The van der Waals surface area contributed by atoms with Crippen LogP contribution in [0, 0.1) is 0 Å². The predicted molar refractivity (Wildman–Crippen MR) is 237 cm³/mol. The average molecular weight is 714 g/mol. The van der Waals surface area contributed by atoms with Crippen molar-refractivity contribution in [2.45, 2.75) is 0 Å². The van der Waals surface area contributed by atoms with Crippen molar-refractivity contribution < 1.29 is 4.42 Å². The molecule has 262 valence electrons. The molecular formula is C54H35NO. The fraction of sp³-hybridized carbons (Fsp3) is 0.